The molecule has 1 aromatic heterocycles. The van der Waals surface area contributed by atoms with E-state index in [9.17, 15) is 5.26 Å². The lowest BCUT2D eigenvalue weighted by atomic mass is 9.54. The average Bonchev–Trinajstić information content (AvgIpc) is 3.16. The highest BCUT2D eigenvalue weighted by atomic mass is 15.0. The number of rotatable bonds is 6. The summed E-state index contributed by atoms with van der Waals surface area (Å²) in [4.78, 5) is 15.5. The van der Waals surface area contributed by atoms with Gasteiger partial charge in [-0.2, -0.15) is 5.26 Å². The number of nitriles is 1. The summed E-state index contributed by atoms with van der Waals surface area (Å²) in [7, 11) is 0. The molecule has 0 spiro atoms. The monoisotopic (exact) mass is 698 g/mol. The van der Waals surface area contributed by atoms with Crippen molar-refractivity contribution in [2.45, 2.75) is 109 Å². The van der Waals surface area contributed by atoms with Crippen LogP contribution in [0.3, 0.4) is 0 Å². The summed E-state index contributed by atoms with van der Waals surface area (Å²) in [5.74, 6) is 6.98. The SMILES string of the molecule is CC[C@H]1C[C@H]2C[C@@H](C)CC(c3ccc(-c4nc(-c5ccc(C67C[C@H](C)C[C@H](C[C@H](C)C6)C7)cc5)nc(-c5ccc6cc(C#N)ccc6c5)n4)cc3)(C2)C1. The normalized spacial score (nSPS) is 30.8. The topological polar surface area (TPSA) is 62.5 Å². The molecule has 4 saturated carbocycles. The second-order valence-electron chi connectivity index (χ2n) is 18.4. The molecule has 4 fully saturated rings. The van der Waals surface area contributed by atoms with Crippen LogP contribution in [0.15, 0.2) is 84.9 Å². The molecule has 0 amide bonds. The largest absolute Gasteiger partial charge is 0.208 e. The maximum atomic E-state index is 9.46. The van der Waals surface area contributed by atoms with E-state index in [1.54, 1.807) is 0 Å². The first-order chi connectivity index (χ1) is 25.7. The zero-order valence-electron chi connectivity index (χ0n) is 32.1. The molecular formula is C49H54N4. The molecule has 4 aromatic carbocycles. The average molecular weight is 699 g/mol. The van der Waals surface area contributed by atoms with Gasteiger partial charge in [0, 0.05) is 16.7 Å². The van der Waals surface area contributed by atoms with Crippen molar-refractivity contribution < 1.29 is 0 Å². The van der Waals surface area contributed by atoms with Gasteiger partial charge in [0.15, 0.2) is 17.5 Å². The van der Waals surface area contributed by atoms with Crippen LogP contribution in [0, 0.1) is 46.8 Å². The summed E-state index contributed by atoms with van der Waals surface area (Å²) in [6, 6.07) is 33.0. The molecule has 4 heteroatoms. The fraction of sp³-hybridized carbons (Fsp3) is 0.469. The van der Waals surface area contributed by atoms with Gasteiger partial charge < -0.3 is 0 Å². The molecule has 0 saturated heterocycles. The van der Waals surface area contributed by atoms with Crippen LogP contribution >= 0.6 is 0 Å². The van der Waals surface area contributed by atoms with Gasteiger partial charge in [0.1, 0.15) is 0 Å². The molecular weight excluding hydrogens is 645 g/mol. The maximum absolute atomic E-state index is 9.46. The Bertz CT molecular complexity index is 2150. The minimum Gasteiger partial charge on any atom is -0.208 e. The third-order valence-corrected chi connectivity index (χ3v) is 14.1. The van der Waals surface area contributed by atoms with Gasteiger partial charge in [0.05, 0.1) is 11.6 Å². The summed E-state index contributed by atoms with van der Waals surface area (Å²) in [6.45, 7) is 9.78. The Kier molecular flexibility index (Phi) is 8.76. The number of aromatic nitrogens is 3. The van der Waals surface area contributed by atoms with Crippen molar-refractivity contribution in [3.05, 3.63) is 102 Å². The van der Waals surface area contributed by atoms with Gasteiger partial charge >= 0.3 is 0 Å². The van der Waals surface area contributed by atoms with Crippen molar-refractivity contribution in [3.63, 3.8) is 0 Å². The molecule has 0 aliphatic heterocycles. The molecule has 0 N–H and O–H groups in total. The van der Waals surface area contributed by atoms with Crippen LogP contribution < -0.4 is 0 Å². The van der Waals surface area contributed by atoms with Crippen LogP contribution in [0.2, 0.25) is 0 Å². The van der Waals surface area contributed by atoms with E-state index < -0.39 is 0 Å². The lowest BCUT2D eigenvalue weighted by Gasteiger charge is -2.51. The Labute approximate surface area is 316 Å². The predicted octanol–water partition coefficient (Wildman–Crippen LogP) is 12.5. The van der Waals surface area contributed by atoms with Crippen LogP contribution in [-0.2, 0) is 10.8 Å². The molecule has 1 heterocycles. The first-order valence-corrected chi connectivity index (χ1v) is 20.6. The molecule has 4 nitrogen and oxygen atoms in total. The van der Waals surface area contributed by atoms with E-state index in [4.69, 9.17) is 15.0 Å². The van der Waals surface area contributed by atoms with E-state index in [2.05, 4.69) is 100 Å². The third kappa shape index (κ3) is 6.49. The van der Waals surface area contributed by atoms with Gasteiger partial charge in [0.2, 0.25) is 0 Å². The number of hydrogen-bond donors (Lipinski definition) is 0. The Morgan fingerprint density at radius 2 is 1.00 bits per heavy atom. The minimum atomic E-state index is 0.289. The summed E-state index contributed by atoms with van der Waals surface area (Å²) in [5, 5.41) is 11.6. The number of fused-ring (bicyclic) bond motifs is 5. The van der Waals surface area contributed by atoms with E-state index >= 15 is 0 Å². The fourth-order valence-corrected chi connectivity index (χ4v) is 12.4. The van der Waals surface area contributed by atoms with Crippen LogP contribution in [0.4, 0.5) is 0 Å². The zero-order chi connectivity index (χ0) is 36.3. The van der Waals surface area contributed by atoms with Gasteiger partial charge in [-0.1, -0.05) is 101 Å². The first kappa shape index (κ1) is 34.4. The Morgan fingerprint density at radius 3 is 1.53 bits per heavy atom. The van der Waals surface area contributed by atoms with Gasteiger partial charge in [-0.15, -0.1) is 0 Å². The summed E-state index contributed by atoms with van der Waals surface area (Å²) < 4.78 is 0. The standard InChI is InChI=1S/C49H54N4/c1-5-34-21-37-20-33(4)26-49(27-34,29-37)44-16-12-39(13-17-44)46-51-45(52-47(53-46)42-9-8-40-22-35(30-50)6-7-41(40)23-42)38-10-14-43(15-11-38)48-24-31(2)18-36(28-48)19-32(3)25-48/h6-17,22-23,31-34,36-37H,5,18-21,24-29H2,1-4H3/t31-,32+,33-,34+,36-,37-,48?,49?/m1/s1. The van der Waals surface area contributed by atoms with Crippen molar-refractivity contribution in [2.75, 3.05) is 0 Å². The number of benzene rings is 4. The van der Waals surface area contributed by atoms with Gasteiger partial charge in [-0.05, 0) is 151 Å². The lowest BCUT2D eigenvalue weighted by molar-refractivity contribution is 0.0702. The van der Waals surface area contributed by atoms with E-state index in [0.29, 0.717) is 28.5 Å². The first-order valence-electron chi connectivity index (χ1n) is 20.6. The van der Waals surface area contributed by atoms with E-state index in [0.717, 1.165) is 63.0 Å². The van der Waals surface area contributed by atoms with Crippen molar-refractivity contribution in [2.24, 2.45) is 35.5 Å². The molecule has 53 heavy (non-hydrogen) atoms. The predicted molar refractivity (Wildman–Crippen MR) is 216 cm³/mol. The van der Waals surface area contributed by atoms with Crippen LogP contribution in [0.25, 0.3) is 44.9 Å². The molecule has 270 valence electrons. The molecule has 0 radical (unpaired) electrons. The highest BCUT2D eigenvalue weighted by Crippen LogP contribution is 2.56. The van der Waals surface area contributed by atoms with Crippen molar-refractivity contribution in [1.29, 1.82) is 5.26 Å². The van der Waals surface area contributed by atoms with Gasteiger partial charge in [-0.3, -0.25) is 0 Å². The molecule has 4 aliphatic rings. The van der Waals surface area contributed by atoms with Gasteiger partial charge in [0.25, 0.3) is 0 Å². The third-order valence-electron chi connectivity index (χ3n) is 14.1. The highest BCUT2D eigenvalue weighted by Gasteiger charge is 2.46. The number of nitrogens with zero attached hydrogens (tertiary/aromatic N) is 4. The second-order valence-corrected chi connectivity index (χ2v) is 18.4. The Hall–Kier alpha value is -4.36. The van der Waals surface area contributed by atoms with Crippen LogP contribution in [0.5, 0.6) is 0 Å². The summed E-state index contributed by atoms with van der Waals surface area (Å²) in [5.41, 5.74) is 7.26. The molecule has 5 aromatic rings. The zero-order valence-corrected chi connectivity index (χ0v) is 32.1. The van der Waals surface area contributed by atoms with E-state index in [1.807, 2.05) is 18.2 Å². The minimum absolute atomic E-state index is 0.289. The molecule has 4 aliphatic carbocycles. The van der Waals surface area contributed by atoms with Crippen LogP contribution in [-0.4, -0.2) is 15.0 Å². The molecule has 9 rings (SSSR count). The smallest absolute Gasteiger partial charge is 0.164 e. The lowest BCUT2D eigenvalue weighted by Crippen LogP contribution is -2.42. The summed E-state index contributed by atoms with van der Waals surface area (Å²) >= 11 is 0. The molecule has 8 atom stereocenters. The second kappa shape index (κ2) is 13.5. The van der Waals surface area contributed by atoms with Crippen LogP contribution in [0.1, 0.15) is 115 Å². The fourth-order valence-electron chi connectivity index (χ4n) is 12.4. The van der Waals surface area contributed by atoms with Gasteiger partial charge in [-0.25, -0.2) is 15.0 Å². The van der Waals surface area contributed by atoms with E-state index in [1.165, 1.54) is 81.8 Å². The molecule has 4 bridgehead atoms. The quantitative estimate of drug-likeness (QED) is 0.177. The van der Waals surface area contributed by atoms with Crippen molar-refractivity contribution >= 4 is 10.8 Å². The number of hydrogen-bond acceptors (Lipinski definition) is 4. The summed E-state index contributed by atoms with van der Waals surface area (Å²) in [6.07, 6.45) is 14.7. The van der Waals surface area contributed by atoms with E-state index in [-0.39, 0.29) is 5.41 Å². The van der Waals surface area contributed by atoms with Crippen molar-refractivity contribution in [3.8, 4) is 40.2 Å². The Morgan fingerprint density at radius 1 is 0.547 bits per heavy atom. The highest BCUT2D eigenvalue weighted by molar-refractivity contribution is 5.87. The maximum Gasteiger partial charge on any atom is 0.164 e. The van der Waals surface area contributed by atoms with Crippen molar-refractivity contribution in [1.82, 2.24) is 15.0 Å². The molecule has 2 unspecified atom stereocenters. The Balaban J connectivity index is 1.10.